The quantitative estimate of drug-likeness (QED) is 0.303. The van der Waals surface area contributed by atoms with Crippen LogP contribution >= 0.6 is 24.0 Å². The topological polar surface area (TPSA) is 90.8 Å². The molecule has 0 heterocycles. The summed E-state index contributed by atoms with van der Waals surface area (Å²) < 4.78 is 23.5. The molecule has 1 aromatic rings. The second-order valence-electron chi connectivity index (χ2n) is 7.84. The zero-order valence-electron chi connectivity index (χ0n) is 17.3. The molecule has 1 fully saturated rings. The molecule has 1 aromatic carbocycles. The van der Waals surface area contributed by atoms with Crippen molar-refractivity contribution < 1.29 is 13.5 Å². The normalized spacial score (nSPS) is 23.0. The van der Waals surface area contributed by atoms with Gasteiger partial charge in [0.15, 0.2) is 15.8 Å². The Morgan fingerprint density at radius 3 is 2.61 bits per heavy atom. The Labute approximate surface area is 186 Å². The van der Waals surface area contributed by atoms with Crippen LogP contribution < -0.4 is 10.6 Å². The molecule has 0 aromatic heterocycles. The summed E-state index contributed by atoms with van der Waals surface area (Å²) >= 11 is 0. The minimum atomic E-state index is -3.21. The van der Waals surface area contributed by atoms with Gasteiger partial charge in [-0.25, -0.2) is 13.4 Å². The predicted octanol–water partition coefficient (Wildman–Crippen LogP) is 3.01. The summed E-state index contributed by atoms with van der Waals surface area (Å²) in [5.41, 5.74) is 1.56. The standard InChI is InChI=1S/C20H33N3O3S.HI/c1-5-21-19(23-14-20(3)11-7-6-8-18(20)24)22-13-16-9-10-17(15(2)12-16)27(4,25)26;/h9-10,12,18,24H,5-8,11,13-14H2,1-4H3,(H2,21,22,23);1H. The van der Waals surface area contributed by atoms with Gasteiger partial charge in [-0.15, -0.1) is 24.0 Å². The van der Waals surface area contributed by atoms with Gasteiger partial charge in [0.1, 0.15) is 0 Å². The molecule has 160 valence electrons. The molecule has 2 atom stereocenters. The van der Waals surface area contributed by atoms with E-state index in [4.69, 9.17) is 0 Å². The van der Waals surface area contributed by atoms with Crippen molar-refractivity contribution in [2.24, 2.45) is 10.4 Å². The van der Waals surface area contributed by atoms with E-state index in [1.165, 1.54) is 6.26 Å². The maximum Gasteiger partial charge on any atom is 0.191 e. The fourth-order valence-electron chi connectivity index (χ4n) is 3.61. The van der Waals surface area contributed by atoms with E-state index < -0.39 is 9.84 Å². The lowest BCUT2D eigenvalue weighted by atomic mass is 9.73. The van der Waals surface area contributed by atoms with Crippen LogP contribution in [0.4, 0.5) is 0 Å². The van der Waals surface area contributed by atoms with Crippen molar-refractivity contribution in [2.75, 3.05) is 19.3 Å². The SMILES string of the molecule is CCNC(=NCc1ccc(S(C)(=O)=O)c(C)c1)NCC1(C)CCCCC1O.I. The molecule has 8 heteroatoms. The van der Waals surface area contributed by atoms with E-state index in [2.05, 4.69) is 22.5 Å². The van der Waals surface area contributed by atoms with Gasteiger partial charge in [0, 0.05) is 24.8 Å². The minimum absolute atomic E-state index is 0. The highest BCUT2D eigenvalue weighted by atomic mass is 127. The Kier molecular flexibility index (Phi) is 9.69. The second-order valence-corrected chi connectivity index (χ2v) is 9.82. The summed E-state index contributed by atoms with van der Waals surface area (Å²) in [6, 6.07) is 5.33. The van der Waals surface area contributed by atoms with Crippen LogP contribution in [-0.4, -0.2) is 44.9 Å². The lowest BCUT2D eigenvalue weighted by Crippen LogP contribution is -2.48. The maximum absolute atomic E-state index is 11.7. The zero-order chi connectivity index (χ0) is 20.1. The summed E-state index contributed by atoms with van der Waals surface area (Å²) in [5, 5.41) is 17.0. The number of guanidine groups is 1. The number of rotatable bonds is 6. The van der Waals surface area contributed by atoms with Gasteiger partial charge >= 0.3 is 0 Å². The number of aliphatic imine (C=N–C) groups is 1. The van der Waals surface area contributed by atoms with Crippen LogP contribution in [0.5, 0.6) is 0 Å². The van der Waals surface area contributed by atoms with Crippen LogP contribution in [0.1, 0.15) is 50.7 Å². The first-order valence-electron chi connectivity index (χ1n) is 9.65. The number of halogens is 1. The first-order valence-corrected chi connectivity index (χ1v) is 11.5. The number of sulfone groups is 1. The van der Waals surface area contributed by atoms with Crippen molar-refractivity contribution in [1.29, 1.82) is 0 Å². The second kappa shape index (κ2) is 10.8. The number of nitrogens with one attached hydrogen (secondary N) is 2. The van der Waals surface area contributed by atoms with Gasteiger partial charge in [0.05, 0.1) is 17.5 Å². The van der Waals surface area contributed by atoms with Gasteiger partial charge in [0.25, 0.3) is 0 Å². The van der Waals surface area contributed by atoms with Gasteiger partial charge in [-0.1, -0.05) is 31.9 Å². The third-order valence-corrected chi connectivity index (χ3v) is 6.60. The highest BCUT2D eigenvalue weighted by Gasteiger charge is 2.35. The monoisotopic (exact) mass is 523 g/mol. The Morgan fingerprint density at radius 1 is 1.32 bits per heavy atom. The fraction of sp³-hybridized carbons (Fsp3) is 0.650. The van der Waals surface area contributed by atoms with E-state index in [9.17, 15) is 13.5 Å². The van der Waals surface area contributed by atoms with Gasteiger partial charge in [-0.2, -0.15) is 0 Å². The summed E-state index contributed by atoms with van der Waals surface area (Å²) in [5.74, 6) is 0.710. The summed E-state index contributed by atoms with van der Waals surface area (Å²) in [4.78, 5) is 4.98. The molecular formula is C20H34IN3O3S. The Morgan fingerprint density at radius 2 is 2.04 bits per heavy atom. The lowest BCUT2D eigenvalue weighted by Gasteiger charge is -2.38. The number of aliphatic hydroxyl groups excluding tert-OH is 1. The third-order valence-electron chi connectivity index (χ3n) is 5.34. The Bertz CT molecular complexity index is 783. The van der Waals surface area contributed by atoms with E-state index in [0.717, 1.165) is 43.4 Å². The van der Waals surface area contributed by atoms with E-state index >= 15 is 0 Å². The van der Waals surface area contributed by atoms with E-state index in [0.29, 0.717) is 23.9 Å². The van der Waals surface area contributed by atoms with Crippen molar-refractivity contribution in [3.8, 4) is 0 Å². The van der Waals surface area contributed by atoms with Crippen LogP contribution in [0.3, 0.4) is 0 Å². The molecule has 6 nitrogen and oxygen atoms in total. The van der Waals surface area contributed by atoms with Crippen LogP contribution in [-0.2, 0) is 16.4 Å². The Balaban J connectivity index is 0.00000392. The van der Waals surface area contributed by atoms with Crippen molar-refractivity contribution >= 4 is 39.8 Å². The summed E-state index contributed by atoms with van der Waals surface area (Å²) in [6.45, 7) is 7.82. The number of benzene rings is 1. The molecule has 2 unspecified atom stereocenters. The lowest BCUT2D eigenvalue weighted by molar-refractivity contribution is 0.00397. The van der Waals surface area contributed by atoms with E-state index in [1.54, 1.807) is 13.0 Å². The average Bonchev–Trinajstić information content (AvgIpc) is 2.59. The maximum atomic E-state index is 11.7. The molecule has 0 aliphatic heterocycles. The molecule has 0 spiro atoms. The van der Waals surface area contributed by atoms with Gasteiger partial charge in [-0.3, -0.25) is 0 Å². The smallest absolute Gasteiger partial charge is 0.191 e. The highest BCUT2D eigenvalue weighted by molar-refractivity contribution is 14.0. The molecule has 1 aliphatic carbocycles. The molecule has 0 radical (unpaired) electrons. The predicted molar refractivity (Wildman–Crippen MR) is 125 cm³/mol. The first-order chi connectivity index (χ1) is 12.7. The Hall–Kier alpha value is -0.870. The largest absolute Gasteiger partial charge is 0.392 e. The van der Waals surface area contributed by atoms with E-state index in [-0.39, 0.29) is 35.5 Å². The first kappa shape index (κ1) is 25.2. The number of aryl methyl sites for hydroxylation is 1. The van der Waals surface area contributed by atoms with Crippen LogP contribution in [0.15, 0.2) is 28.1 Å². The fourth-order valence-corrected chi connectivity index (χ4v) is 4.57. The summed E-state index contributed by atoms with van der Waals surface area (Å²) in [6.07, 6.45) is 5.04. The minimum Gasteiger partial charge on any atom is -0.392 e. The number of nitrogens with zero attached hydrogens (tertiary/aromatic N) is 1. The number of hydrogen-bond acceptors (Lipinski definition) is 4. The highest BCUT2D eigenvalue weighted by Crippen LogP contribution is 2.35. The molecule has 2 rings (SSSR count). The van der Waals surface area contributed by atoms with Gasteiger partial charge < -0.3 is 15.7 Å². The van der Waals surface area contributed by atoms with Crippen molar-refractivity contribution in [1.82, 2.24) is 10.6 Å². The van der Waals surface area contributed by atoms with Crippen molar-refractivity contribution in [3.05, 3.63) is 29.3 Å². The molecule has 0 saturated heterocycles. The molecule has 0 bridgehead atoms. The van der Waals surface area contributed by atoms with Crippen molar-refractivity contribution in [3.63, 3.8) is 0 Å². The summed E-state index contributed by atoms with van der Waals surface area (Å²) in [7, 11) is -3.21. The number of hydrogen-bond donors (Lipinski definition) is 3. The molecule has 3 N–H and O–H groups in total. The van der Waals surface area contributed by atoms with Crippen LogP contribution in [0.25, 0.3) is 0 Å². The molecular weight excluding hydrogens is 489 g/mol. The molecule has 1 aliphatic rings. The molecule has 1 saturated carbocycles. The average molecular weight is 523 g/mol. The van der Waals surface area contributed by atoms with Crippen molar-refractivity contribution in [2.45, 2.75) is 64.0 Å². The zero-order valence-corrected chi connectivity index (χ0v) is 20.4. The van der Waals surface area contributed by atoms with E-state index in [1.807, 2.05) is 19.1 Å². The third kappa shape index (κ3) is 6.88. The van der Waals surface area contributed by atoms with Gasteiger partial charge in [0.2, 0.25) is 0 Å². The van der Waals surface area contributed by atoms with Gasteiger partial charge in [-0.05, 0) is 43.9 Å². The number of aliphatic hydroxyl groups is 1. The van der Waals surface area contributed by atoms with Crippen LogP contribution in [0.2, 0.25) is 0 Å². The molecule has 0 amide bonds. The molecule has 28 heavy (non-hydrogen) atoms. The van der Waals surface area contributed by atoms with Crippen LogP contribution in [0, 0.1) is 12.3 Å².